The molecule has 0 fully saturated rings. The summed E-state index contributed by atoms with van der Waals surface area (Å²) in [7, 11) is 2.88. The lowest BCUT2D eigenvalue weighted by molar-refractivity contribution is 0.243. The van der Waals surface area contributed by atoms with Crippen molar-refractivity contribution < 1.29 is 17.3 Å². The number of nitrogens with two attached hydrogens (primary N) is 1. The maximum absolute atomic E-state index is 5.66. The van der Waals surface area contributed by atoms with Gasteiger partial charge in [-0.1, -0.05) is 6.07 Å². The van der Waals surface area contributed by atoms with E-state index >= 15 is 0 Å². The SMILES string of the molecule is COS(CCCOc1cccc(N)c1)(OC)OC. The summed E-state index contributed by atoms with van der Waals surface area (Å²) in [5, 5.41) is 0. The highest BCUT2D eigenvalue weighted by Gasteiger charge is 2.22. The Bertz CT molecular complexity index is 349. The minimum absolute atomic E-state index is 0.564. The molecule has 0 saturated carbocycles. The molecule has 0 radical (unpaired) electrons. The van der Waals surface area contributed by atoms with Crippen molar-refractivity contribution in [1.29, 1.82) is 0 Å². The zero-order valence-corrected chi connectivity index (χ0v) is 11.9. The number of anilines is 1. The van der Waals surface area contributed by atoms with Gasteiger partial charge in [0.2, 0.25) is 0 Å². The number of hydrogen-bond acceptors (Lipinski definition) is 5. The fourth-order valence-electron chi connectivity index (χ4n) is 1.48. The summed E-state index contributed by atoms with van der Waals surface area (Å²) >= 11 is 0. The second kappa shape index (κ2) is 7.48. The quantitative estimate of drug-likeness (QED) is 0.583. The molecule has 0 saturated heterocycles. The van der Waals surface area contributed by atoms with E-state index < -0.39 is 10.9 Å². The van der Waals surface area contributed by atoms with Crippen molar-refractivity contribution in [3.05, 3.63) is 24.3 Å². The van der Waals surface area contributed by atoms with Crippen molar-refractivity contribution in [2.24, 2.45) is 0 Å². The lowest BCUT2D eigenvalue weighted by atomic mass is 10.3. The van der Waals surface area contributed by atoms with Gasteiger partial charge in [-0.2, -0.15) is 0 Å². The van der Waals surface area contributed by atoms with Crippen LogP contribution in [0.3, 0.4) is 0 Å². The van der Waals surface area contributed by atoms with Gasteiger partial charge in [0.15, 0.2) is 0 Å². The van der Waals surface area contributed by atoms with Gasteiger partial charge in [-0.05, 0) is 18.6 Å². The summed E-state index contributed by atoms with van der Waals surface area (Å²) in [5.41, 5.74) is 6.35. The Balaban J connectivity index is 2.34. The Labute approximate surface area is 110 Å². The number of benzene rings is 1. The van der Waals surface area contributed by atoms with Gasteiger partial charge < -0.3 is 10.5 Å². The Morgan fingerprint density at radius 2 is 1.78 bits per heavy atom. The molecule has 0 aromatic heterocycles. The van der Waals surface area contributed by atoms with Crippen LogP contribution < -0.4 is 10.5 Å². The van der Waals surface area contributed by atoms with Gasteiger partial charge in [0, 0.05) is 17.5 Å². The van der Waals surface area contributed by atoms with Crippen LogP contribution >= 0.6 is 10.9 Å². The first-order chi connectivity index (χ1) is 8.65. The maximum Gasteiger partial charge on any atom is 0.121 e. The van der Waals surface area contributed by atoms with E-state index in [2.05, 4.69) is 0 Å². The molecular weight excluding hydrogens is 254 g/mol. The highest BCUT2D eigenvalue weighted by Crippen LogP contribution is 2.49. The Kier molecular flexibility index (Phi) is 6.28. The van der Waals surface area contributed by atoms with E-state index in [1.165, 1.54) is 0 Å². The third kappa shape index (κ3) is 4.38. The van der Waals surface area contributed by atoms with E-state index in [0.717, 1.165) is 12.2 Å². The lowest BCUT2D eigenvalue weighted by Crippen LogP contribution is -2.13. The van der Waals surface area contributed by atoms with Crippen molar-refractivity contribution in [3.8, 4) is 5.75 Å². The van der Waals surface area contributed by atoms with Crippen LogP contribution in [-0.4, -0.2) is 33.7 Å². The molecule has 0 spiro atoms. The van der Waals surface area contributed by atoms with Crippen molar-refractivity contribution in [2.45, 2.75) is 6.42 Å². The second-order valence-corrected chi connectivity index (χ2v) is 6.06. The average Bonchev–Trinajstić information content (AvgIpc) is 2.40. The van der Waals surface area contributed by atoms with Crippen LogP contribution in [0.1, 0.15) is 6.42 Å². The van der Waals surface area contributed by atoms with E-state index in [0.29, 0.717) is 18.0 Å². The number of rotatable bonds is 8. The molecule has 0 unspecified atom stereocenters. The van der Waals surface area contributed by atoms with Crippen molar-refractivity contribution in [1.82, 2.24) is 0 Å². The van der Waals surface area contributed by atoms with Crippen LogP contribution in [0.4, 0.5) is 5.69 Å². The minimum atomic E-state index is -1.88. The van der Waals surface area contributed by atoms with Gasteiger partial charge in [0.25, 0.3) is 0 Å². The fraction of sp³-hybridized carbons (Fsp3) is 0.500. The molecule has 0 atom stereocenters. The molecule has 6 heteroatoms. The fourth-order valence-corrected chi connectivity index (χ4v) is 2.86. The smallest absolute Gasteiger partial charge is 0.121 e. The van der Waals surface area contributed by atoms with Crippen LogP contribution in [0.5, 0.6) is 5.75 Å². The molecule has 1 aromatic rings. The maximum atomic E-state index is 5.66. The first kappa shape index (κ1) is 15.1. The third-order valence-electron chi connectivity index (χ3n) is 2.43. The monoisotopic (exact) mass is 275 g/mol. The molecule has 0 aliphatic rings. The van der Waals surface area contributed by atoms with Gasteiger partial charge in [0.1, 0.15) is 5.75 Å². The normalized spacial score (nSPS) is 12.4. The lowest BCUT2D eigenvalue weighted by Gasteiger charge is -2.33. The zero-order valence-electron chi connectivity index (χ0n) is 11.0. The van der Waals surface area contributed by atoms with Crippen LogP contribution in [0.25, 0.3) is 0 Å². The van der Waals surface area contributed by atoms with E-state index in [1.54, 1.807) is 27.4 Å². The molecule has 0 aliphatic heterocycles. The summed E-state index contributed by atoms with van der Waals surface area (Å²) in [6.45, 7) is 0.564. The molecule has 18 heavy (non-hydrogen) atoms. The molecule has 0 bridgehead atoms. The number of hydrogen-bond donors (Lipinski definition) is 1. The first-order valence-corrected chi connectivity index (χ1v) is 7.19. The van der Waals surface area contributed by atoms with Crippen molar-refractivity contribution in [3.63, 3.8) is 0 Å². The van der Waals surface area contributed by atoms with Gasteiger partial charge in [-0.25, -0.2) is 0 Å². The average molecular weight is 275 g/mol. The summed E-state index contributed by atoms with van der Waals surface area (Å²) in [6, 6.07) is 7.35. The van der Waals surface area contributed by atoms with Crippen LogP contribution in [0.2, 0.25) is 0 Å². The van der Waals surface area contributed by atoms with Crippen LogP contribution in [-0.2, 0) is 12.5 Å². The predicted octanol–water partition coefficient (Wildman–Crippen LogP) is 2.53. The van der Waals surface area contributed by atoms with Crippen LogP contribution in [0, 0.1) is 0 Å². The predicted molar refractivity (Wildman–Crippen MR) is 74.5 cm³/mol. The van der Waals surface area contributed by atoms with Crippen LogP contribution in [0.15, 0.2) is 24.3 Å². The third-order valence-corrected chi connectivity index (χ3v) is 4.74. The molecule has 1 rings (SSSR count). The first-order valence-electron chi connectivity index (χ1n) is 5.62. The van der Waals surface area contributed by atoms with E-state index in [9.17, 15) is 0 Å². The van der Waals surface area contributed by atoms with Gasteiger partial charge in [-0.3, -0.25) is 12.5 Å². The van der Waals surface area contributed by atoms with E-state index in [-0.39, 0.29) is 0 Å². The Hall–Kier alpha value is -0.950. The van der Waals surface area contributed by atoms with Crippen molar-refractivity contribution >= 4 is 16.6 Å². The summed E-state index contributed by atoms with van der Waals surface area (Å²) in [5.74, 6) is 1.43. The van der Waals surface area contributed by atoms with E-state index in [4.69, 9.17) is 23.0 Å². The molecule has 104 valence electrons. The number of ether oxygens (including phenoxy) is 1. The topological polar surface area (TPSA) is 62.9 Å². The molecular formula is C12H21NO4S. The molecule has 0 heterocycles. The number of nitrogen functional groups attached to an aromatic ring is 1. The van der Waals surface area contributed by atoms with Gasteiger partial charge in [0.05, 0.1) is 38.8 Å². The van der Waals surface area contributed by atoms with Gasteiger partial charge in [-0.15, -0.1) is 0 Å². The summed E-state index contributed by atoms with van der Waals surface area (Å²) in [6.07, 6.45) is 0.777. The molecule has 2 N–H and O–H groups in total. The standard InChI is InChI=1S/C12H21NO4S/c1-14-18(15-2,16-3)9-5-8-17-12-7-4-6-11(13)10-12/h4,6-7,10H,5,8-9,13H2,1-3H3. The summed E-state index contributed by atoms with van der Waals surface area (Å²) in [4.78, 5) is 0. The zero-order chi connectivity index (χ0) is 13.4. The molecule has 1 aromatic carbocycles. The minimum Gasteiger partial charge on any atom is -0.493 e. The molecule has 0 aliphatic carbocycles. The highest BCUT2D eigenvalue weighted by molar-refractivity contribution is 8.21. The Morgan fingerprint density at radius 3 is 2.33 bits per heavy atom. The van der Waals surface area contributed by atoms with Gasteiger partial charge >= 0.3 is 0 Å². The summed E-state index contributed by atoms with van der Waals surface area (Å²) < 4.78 is 21.4. The second-order valence-electron chi connectivity index (χ2n) is 3.54. The Morgan fingerprint density at radius 1 is 1.11 bits per heavy atom. The van der Waals surface area contributed by atoms with Crippen molar-refractivity contribution in [2.75, 3.05) is 39.4 Å². The van der Waals surface area contributed by atoms with E-state index in [1.807, 2.05) is 18.2 Å². The molecule has 0 amide bonds. The highest BCUT2D eigenvalue weighted by atomic mass is 32.3. The largest absolute Gasteiger partial charge is 0.493 e. The molecule has 5 nitrogen and oxygen atoms in total.